The van der Waals surface area contributed by atoms with Crippen LogP contribution in [0.3, 0.4) is 0 Å². The molecular weight excluding hydrogens is 399 g/mol. The van der Waals surface area contributed by atoms with Gasteiger partial charge in [0.1, 0.15) is 11.6 Å². The van der Waals surface area contributed by atoms with Gasteiger partial charge in [-0.05, 0) is 71.6 Å². The molecule has 0 spiro atoms. The number of methoxy groups -OCH3 is 1. The predicted octanol–water partition coefficient (Wildman–Crippen LogP) is 5.21. The molecule has 1 fully saturated rings. The molecule has 1 saturated heterocycles. The molecule has 1 aromatic heterocycles. The molecule has 6 heteroatoms. The van der Waals surface area contributed by atoms with Gasteiger partial charge in [0.05, 0.1) is 7.11 Å². The van der Waals surface area contributed by atoms with E-state index in [1.54, 1.807) is 30.6 Å². The second-order valence-electron chi connectivity index (χ2n) is 7.52. The number of nitrogens with zero attached hydrogens (tertiary/aromatic N) is 2. The summed E-state index contributed by atoms with van der Waals surface area (Å²) < 4.78 is 18.8. The zero-order chi connectivity index (χ0) is 20.9. The topological polar surface area (TPSA) is 32.8 Å². The Bertz CT molecular complexity index is 967. The van der Waals surface area contributed by atoms with Crippen molar-refractivity contribution in [3.05, 3.63) is 82.3 Å². The number of hydrogen-bond donors (Lipinski definition) is 0. The van der Waals surface area contributed by atoms with Gasteiger partial charge < -0.3 is 9.64 Å². The van der Waals surface area contributed by atoms with Crippen molar-refractivity contribution in [3.63, 3.8) is 0 Å². The van der Waals surface area contributed by atoms with E-state index in [1.807, 2.05) is 29.2 Å². The number of anilines is 1. The van der Waals surface area contributed by atoms with Crippen LogP contribution in [0.25, 0.3) is 0 Å². The second kappa shape index (κ2) is 9.41. The van der Waals surface area contributed by atoms with Gasteiger partial charge >= 0.3 is 0 Å². The van der Waals surface area contributed by atoms with Gasteiger partial charge in [0.15, 0.2) is 0 Å². The zero-order valence-electron chi connectivity index (χ0n) is 17.0. The van der Waals surface area contributed by atoms with Gasteiger partial charge in [-0.25, -0.2) is 4.39 Å². The van der Waals surface area contributed by atoms with E-state index in [-0.39, 0.29) is 17.8 Å². The van der Waals surface area contributed by atoms with Crippen LogP contribution in [0.1, 0.15) is 28.8 Å². The van der Waals surface area contributed by atoms with Gasteiger partial charge in [-0.3, -0.25) is 9.69 Å². The Balaban J connectivity index is 1.56. The number of piperidine rings is 1. The highest BCUT2D eigenvalue weighted by atomic mass is 32.1. The summed E-state index contributed by atoms with van der Waals surface area (Å²) in [5, 5.41) is 4.29. The fourth-order valence-electron chi connectivity index (χ4n) is 3.96. The molecule has 156 valence electrons. The summed E-state index contributed by atoms with van der Waals surface area (Å²) in [6, 6.07) is 15.6. The molecule has 0 bridgehead atoms. The quantitative estimate of drug-likeness (QED) is 0.545. The van der Waals surface area contributed by atoms with Crippen LogP contribution in [0, 0.1) is 5.82 Å². The molecule has 4 nitrogen and oxygen atoms in total. The van der Waals surface area contributed by atoms with Crippen LogP contribution in [-0.2, 0) is 6.54 Å². The number of hydrogen-bond acceptors (Lipinski definition) is 4. The number of halogens is 1. The molecule has 4 rings (SSSR count). The Labute approximate surface area is 180 Å². The van der Waals surface area contributed by atoms with E-state index in [2.05, 4.69) is 21.7 Å². The molecule has 2 heterocycles. The van der Waals surface area contributed by atoms with Gasteiger partial charge in [0, 0.05) is 43.0 Å². The van der Waals surface area contributed by atoms with Crippen LogP contribution in [0.5, 0.6) is 5.75 Å². The molecule has 1 aliphatic heterocycles. The molecule has 0 N–H and O–H groups in total. The summed E-state index contributed by atoms with van der Waals surface area (Å²) in [6.45, 7) is 2.80. The van der Waals surface area contributed by atoms with Crippen LogP contribution in [0.4, 0.5) is 10.1 Å². The SMILES string of the molecule is COc1cccc(N(C(=O)c2ccc(F)cc2)C2CCN(Cc3ccsc3)CC2)c1. The van der Waals surface area contributed by atoms with E-state index in [9.17, 15) is 9.18 Å². The first-order chi connectivity index (χ1) is 14.6. The smallest absolute Gasteiger partial charge is 0.258 e. The Morgan fingerprint density at radius 2 is 1.93 bits per heavy atom. The number of ether oxygens (including phenoxy) is 1. The highest BCUT2D eigenvalue weighted by Crippen LogP contribution is 2.29. The average Bonchev–Trinajstić information content (AvgIpc) is 3.29. The minimum atomic E-state index is -0.346. The van der Waals surface area contributed by atoms with Crippen LogP contribution in [0.2, 0.25) is 0 Å². The van der Waals surface area contributed by atoms with Crippen molar-refractivity contribution in [1.82, 2.24) is 4.90 Å². The molecular formula is C24H25FN2O2S. The Morgan fingerprint density at radius 1 is 1.17 bits per heavy atom. The number of amides is 1. The maximum atomic E-state index is 13.4. The third-order valence-corrected chi connectivity index (χ3v) is 6.28. The van der Waals surface area contributed by atoms with Crippen LogP contribution < -0.4 is 9.64 Å². The zero-order valence-corrected chi connectivity index (χ0v) is 17.8. The lowest BCUT2D eigenvalue weighted by Crippen LogP contribution is -2.47. The summed E-state index contributed by atoms with van der Waals surface area (Å²) in [5.74, 6) is 0.250. The lowest BCUT2D eigenvalue weighted by molar-refractivity contribution is 0.0958. The normalized spacial score (nSPS) is 15.1. The molecule has 0 atom stereocenters. The maximum Gasteiger partial charge on any atom is 0.258 e. The summed E-state index contributed by atoms with van der Waals surface area (Å²) in [4.78, 5) is 17.7. The molecule has 0 unspecified atom stereocenters. The van der Waals surface area contributed by atoms with Crippen molar-refractivity contribution in [2.45, 2.75) is 25.4 Å². The van der Waals surface area contributed by atoms with E-state index >= 15 is 0 Å². The molecule has 1 aliphatic rings. The first-order valence-corrected chi connectivity index (χ1v) is 11.0. The molecule has 30 heavy (non-hydrogen) atoms. The Morgan fingerprint density at radius 3 is 2.60 bits per heavy atom. The minimum Gasteiger partial charge on any atom is -0.497 e. The molecule has 3 aromatic rings. The van der Waals surface area contributed by atoms with Crippen molar-refractivity contribution >= 4 is 22.9 Å². The number of carbonyl (C=O) groups is 1. The molecule has 2 aromatic carbocycles. The minimum absolute atomic E-state index is 0.0772. The van der Waals surface area contributed by atoms with Crippen molar-refractivity contribution < 1.29 is 13.9 Å². The van der Waals surface area contributed by atoms with Crippen LogP contribution >= 0.6 is 11.3 Å². The van der Waals surface area contributed by atoms with Gasteiger partial charge in [-0.2, -0.15) is 11.3 Å². The number of likely N-dealkylation sites (tertiary alicyclic amines) is 1. The van der Waals surface area contributed by atoms with Crippen LogP contribution in [-0.4, -0.2) is 37.0 Å². The van der Waals surface area contributed by atoms with Crippen molar-refractivity contribution in [2.75, 3.05) is 25.1 Å². The van der Waals surface area contributed by atoms with Crippen LogP contribution in [0.15, 0.2) is 65.4 Å². The molecule has 1 amide bonds. The Hall–Kier alpha value is -2.70. The van der Waals surface area contributed by atoms with E-state index in [1.165, 1.54) is 17.7 Å². The fraction of sp³-hybridized carbons (Fsp3) is 0.292. The third-order valence-electron chi connectivity index (χ3n) is 5.55. The van der Waals surface area contributed by atoms with Crippen molar-refractivity contribution in [3.8, 4) is 5.75 Å². The van der Waals surface area contributed by atoms with Gasteiger partial charge in [-0.1, -0.05) is 6.07 Å². The lowest BCUT2D eigenvalue weighted by atomic mass is 10.00. The Kier molecular flexibility index (Phi) is 6.45. The monoisotopic (exact) mass is 424 g/mol. The summed E-state index contributed by atoms with van der Waals surface area (Å²) >= 11 is 1.72. The number of thiophene rings is 1. The van der Waals surface area contributed by atoms with Gasteiger partial charge in [0.2, 0.25) is 0 Å². The summed E-state index contributed by atoms with van der Waals surface area (Å²) in [5.41, 5.74) is 2.63. The van der Waals surface area contributed by atoms with Gasteiger partial charge in [0.25, 0.3) is 5.91 Å². The van der Waals surface area contributed by atoms with E-state index in [4.69, 9.17) is 4.74 Å². The van der Waals surface area contributed by atoms with E-state index in [0.29, 0.717) is 11.3 Å². The summed E-state index contributed by atoms with van der Waals surface area (Å²) in [6.07, 6.45) is 1.77. The average molecular weight is 425 g/mol. The maximum absolute atomic E-state index is 13.4. The first kappa shape index (κ1) is 20.6. The molecule has 0 aliphatic carbocycles. The third kappa shape index (κ3) is 4.71. The van der Waals surface area contributed by atoms with Gasteiger partial charge in [-0.15, -0.1) is 0 Å². The van der Waals surface area contributed by atoms with E-state index in [0.717, 1.165) is 38.2 Å². The molecule has 0 saturated carbocycles. The standard InChI is InChI=1S/C24H25FN2O2S/c1-29-23-4-2-3-22(15-23)27(24(28)19-5-7-20(25)8-6-19)21-9-12-26(13-10-21)16-18-11-14-30-17-18/h2-8,11,14-15,17,21H,9-10,12-13,16H2,1H3. The predicted molar refractivity (Wildman–Crippen MR) is 119 cm³/mol. The van der Waals surface area contributed by atoms with E-state index < -0.39 is 0 Å². The number of carbonyl (C=O) groups excluding carboxylic acids is 1. The largest absolute Gasteiger partial charge is 0.497 e. The second-order valence-corrected chi connectivity index (χ2v) is 8.30. The first-order valence-electron chi connectivity index (χ1n) is 10.1. The highest BCUT2D eigenvalue weighted by Gasteiger charge is 2.30. The lowest BCUT2D eigenvalue weighted by Gasteiger charge is -2.38. The summed E-state index contributed by atoms with van der Waals surface area (Å²) in [7, 11) is 1.62. The highest BCUT2D eigenvalue weighted by molar-refractivity contribution is 7.07. The number of rotatable bonds is 6. The van der Waals surface area contributed by atoms with Crippen molar-refractivity contribution in [1.29, 1.82) is 0 Å². The number of benzene rings is 2. The fourth-order valence-corrected chi connectivity index (χ4v) is 4.62. The molecule has 0 radical (unpaired) electrons. The van der Waals surface area contributed by atoms with Crippen molar-refractivity contribution in [2.24, 2.45) is 0 Å².